The van der Waals surface area contributed by atoms with Gasteiger partial charge in [0.2, 0.25) is 0 Å². The summed E-state index contributed by atoms with van der Waals surface area (Å²) >= 11 is 11.7. The average Bonchev–Trinajstić information content (AvgIpc) is 2.46. The van der Waals surface area contributed by atoms with Crippen molar-refractivity contribution in [3.8, 4) is 17.2 Å². The van der Waals surface area contributed by atoms with E-state index in [-0.39, 0.29) is 21.4 Å². The maximum Gasteiger partial charge on any atom is 0.258 e. The van der Waals surface area contributed by atoms with E-state index in [1.165, 1.54) is 7.11 Å². The van der Waals surface area contributed by atoms with Crippen LogP contribution in [0.3, 0.4) is 0 Å². The van der Waals surface area contributed by atoms with Gasteiger partial charge in [-0.1, -0.05) is 49.4 Å². The van der Waals surface area contributed by atoms with E-state index in [4.69, 9.17) is 27.9 Å². The lowest BCUT2D eigenvalue weighted by Crippen LogP contribution is -2.24. The zero-order valence-electron chi connectivity index (χ0n) is 12.0. The summed E-state index contributed by atoms with van der Waals surface area (Å²) in [5, 5.41) is 22.1. The summed E-state index contributed by atoms with van der Waals surface area (Å²) in [6, 6.07) is 0. The number of aromatic hydroxyl groups is 2. The molecule has 1 amide bonds. The monoisotopic (exact) mass is 335 g/mol. The van der Waals surface area contributed by atoms with Crippen LogP contribution in [0.4, 0.5) is 0 Å². The smallest absolute Gasteiger partial charge is 0.258 e. The summed E-state index contributed by atoms with van der Waals surface area (Å²) in [5.74, 6) is -1.82. The molecule has 0 heterocycles. The molecule has 0 aliphatic carbocycles. The van der Waals surface area contributed by atoms with Gasteiger partial charge in [-0.25, -0.2) is 0 Å². The van der Waals surface area contributed by atoms with E-state index in [9.17, 15) is 15.0 Å². The lowest BCUT2D eigenvalue weighted by atomic mass is 10.1. The minimum Gasteiger partial charge on any atom is -0.505 e. The van der Waals surface area contributed by atoms with E-state index in [0.717, 1.165) is 25.7 Å². The van der Waals surface area contributed by atoms with Crippen molar-refractivity contribution >= 4 is 29.1 Å². The van der Waals surface area contributed by atoms with Crippen molar-refractivity contribution in [2.75, 3.05) is 13.7 Å². The topological polar surface area (TPSA) is 78.8 Å². The van der Waals surface area contributed by atoms with Crippen LogP contribution in [0, 0.1) is 0 Å². The van der Waals surface area contributed by atoms with Gasteiger partial charge in [0.05, 0.1) is 7.11 Å². The number of carbonyl (C=O) groups excluding carboxylic acids is 1. The van der Waals surface area contributed by atoms with Gasteiger partial charge in [-0.3, -0.25) is 4.79 Å². The van der Waals surface area contributed by atoms with Gasteiger partial charge < -0.3 is 20.3 Å². The number of hydrogen-bond acceptors (Lipinski definition) is 4. The summed E-state index contributed by atoms with van der Waals surface area (Å²) in [5.41, 5.74) is -0.346. The first-order valence-corrected chi connectivity index (χ1v) is 7.46. The van der Waals surface area contributed by atoms with Gasteiger partial charge in [-0.2, -0.15) is 0 Å². The Bertz CT molecular complexity index is 491. The van der Waals surface area contributed by atoms with Gasteiger partial charge in [0.25, 0.3) is 5.91 Å². The molecule has 1 aromatic rings. The highest BCUT2D eigenvalue weighted by molar-refractivity contribution is 6.40. The molecule has 0 aromatic heterocycles. The number of methoxy groups -OCH3 is 1. The molecule has 0 spiro atoms. The van der Waals surface area contributed by atoms with Gasteiger partial charge in [-0.05, 0) is 6.42 Å². The second kappa shape index (κ2) is 8.20. The van der Waals surface area contributed by atoms with Crippen molar-refractivity contribution in [2.45, 2.75) is 32.6 Å². The maximum absolute atomic E-state index is 12.0. The molecular weight excluding hydrogens is 317 g/mol. The fraction of sp³-hybridized carbons (Fsp3) is 0.500. The van der Waals surface area contributed by atoms with Gasteiger partial charge in [0.1, 0.15) is 15.6 Å². The van der Waals surface area contributed by atoms with Crippen LogP contribution in [-0.4, -0.2) is 29.8 Å². The number of hydrogen-bond donors (Lipinski definition) is 3. The minimum atomic E-state index is -0.632. The molecule has 5 nitrogen and oxygen atoms in total. The zero-order chi connectivity index (χ0) is 16.0. The van der Waals surface area contributed by atoms with Crippen LogP contribution in [0.1, 0.15) is 43.0 Å². The molecule has 118 valence electrons. The Kier molecular flexibility index (Phi) is 6.92. The number of amides is 1. The molecule has 0 radical (unpaired) electrons. The van der Waals surface area contributed by atoms with Gasteiger partial charge >= 0.3 is 0 Å². The summed E-state index contributed by atoms with van der Waals surface area (Å²) in [4.78, 5) is 12.0. The van der Waals surface area contributed by atoms with Crippen molar-refractivity contribution in [3.05, 3.63) is 15.6 Å². The number of phenols is 2. The quantitative estimate of drug-likeness (QED) is 0.663. The van der Waals surface area contributed by atoms with E-state index in [1.807, 2.05) is 0 Å². The van der Waals surface area contributed by atoms with Crippen LogP contribution in [0.2, 0.25) is 10.0 Å². The Balaban J connectivity index is 2.90. The molecule has 7 heteroatoms. The first kappa shape index (κ1) is 17.7. The first-order valence-electron chi connectivity index (χ1n) is 6.70. The maximum atomic E-state index is 12.0. The molecule has 0 aliphatic rings. The highest BCUT2D eigenvalue weighted by Crippen LogP contribution is 2.48. The zero-order valence-corrected chi connectivity index (χ0v) is 13.5. The summed E-state index contributed by atoms with van der Waals surface area (Å²) in [6.07, 6.45) is 4.00. The fourth-order valence-corrected chi connectivity index (χ4v) is 2.46. The number of unbranched alkanes of at least 4 members (excludes halogenated alkanes) is 3. The predicted molar refractivity (Wildman–Crippen MR) is 82.8 cm³/mol. The van der Waals surface area contributed by atoms with E-state index >= 15 is 0 Å². The summed E-state index contributed by atoms with van der Waals surface area (Å²) in [6.45, 7) is 2.54. The molecule has 1 rings (SSSR count). The van der Waals surface area contributed by atoms with Crippen LogP contribution in [0.5, 0.6) is 17.2 Å². The lowest BCUT2D eigenvalue weighted by Gasteiger charge is -2.14. The Hall–Kier alpha value is -1.33. The molecule has 0 aliphatic heterocycles. The van der Waals surface area contributed by atoms with Crippen LogP contribution in [-0.2, 0) is 0 Å². The first-order chi connectivity index (χ1) is 9.95. The molecule has 0 unspecified atom stereocenters. The predicted octanol–water partition coefficient (Wildman–Crippen LogP) is 3.72. The standard InChI is InChI=1S/C14H19Cl2NO4/c1-3-4-5-6-7-17-14(20)8-11(18)9(15)13(21-2)10(16)12(8)19/h18-19H,3-7H2,1-2H3,(H,17,20). The van der Waals surface area contributed by atoms with E-state index in [1.54, 1.807) is 0 Å². The molecule has 0 bridgehead atoms. The third-order valence-electron chi connectivity index (χ3n) is 3.04. The van der Waals surface area contributed by atoms with E-state index in [2.05, 4.69) is 12.2 Å². The lowest BCUT2D eigenvalue weighted by molar-refractivity contribution is 0.0947. The molecular formula is C14H19Cl2NO4. The van der Waals surface area contributed by atoms with Crippen molar-refractivity contribution in [1.82, 2.24) is 5.32 Å². The molecule has 0 atom stereocenters. The normalized spacial score (nSPS) is 10.5. The molecule has 0 fully saturated rings. The number of rotatable bonds is 7. The van der Waals surface area contributed by atoms with Crippen LogP contribution in [0.15, 0.2) is 0 Å². The molecule has 3 N–H and O–H groups in total. The van der Waals surface area contributed by atoms with E-state index in [0.29, 0.717) is 6.54 Å². The number of nitrogens with one attached hydrogen (secondary N) is 1. The van der Waals surface area contributed by atoms with Crippen LogP contribution in [0.25, 0.3) is 0 Å². The second-order valence-corrected chi connectivity index (χ2v) is 5.31. The highest BCUT2D eigenvalue weighted by Gasteiger charge is 2.26. The molecule has 21 heavy (non-hydrogen) atoms. The number of phenolic OH excluding ortho intramolecular Hbond substituents is 2. The van der Waals surface area contributed by atoms with Crippen molar-refractivity contribution in [1.29, 1.82) is 0 Å². The SMILES string of the molecule is CCCCCCNC(=O)c1c(O)c(Cl)c(OC)c(Cl)c1O. The largest absolute Gasteiger partial charge is 0.505 e. The Morgan fingerprint density at radius 1 is 1.14 bits per heavy atom. The molecule has 0 saturated carbocycles. The second-order valence-electron chi connectivity index (χ2n) is 4.55. The van der Waals surface area contributed by atoms with E-state index < -0.39 is 17.4 Å². The highest BCUT2D eigenvalue weighted by atomic mass is 35.5. The fourth-order valence-electron chi connectivity index (χ4n) is 1.88. The van der Waals surface area contributed by atoms with Gasteiger partial charge in [-0.15, -0.1) is 0 Å². The van der Waals surface area contributed by atoms with Gasteiger partial charge in [0.15, 0.2) is 17.2 Å². The van der Waals surface area contributed by atoms with Crippen LogP contribution < -0.4 is 10.1 Å². The number of carbonyl (C=O) groups is 1. The summed E-state index contributed by atoms with van der Waals surface area (Å²) < 4.78 is 4.88. The number of ether oxygens (including phenoxy) is 1. The Morgan fingerprint density at radius 2 is 1.71 bits per heavy atom. The third kappa shape index (κ3) is 4.08. The third-order valence-corrected chi connectivity index (χ3v) is 3.74. The average molecular weight is 336 g/mol. The number of benzene rings is 1. The van der Waals surface area contributed by atoms with Crippen LogP contribution >= 0.6 is 23.2 Å². The van der Waals surface area contributed by atoms with Crippen molar-refractivity contribution in [3.63, 3.8) is 0 Å². The van der Waals surface area contributed by atoms with Crippen molar-refractivity contribution < 1.29 is 19.7 Å². The Labute approximate surface area is 133 Å². The Morgan fingerprint density at radius 3 is 2.19 bits per heavy atom. The minimum absolute atomic E-state index is 0.0761. The summed E-state index contributed by atoms with van der Waals surface area (Å²) in [7, 11) is 1.29. The van der Waals surface area contributed by atoms with Crippen molar-refractivity contribution in [2.24, 2.45) is 0 Å². The number of halogens is 2. The molecule has 0 saturated heterocycles. The van der Waals surface area contributed by atoms with Gasteiger partial charge in [0, 0.05) is 6.54 Å². The molecule has 1 aromatic carbocycles.